The lowest BCUT2D eigenvalue weighted by molar-refractivity contribution is -0.123. The Kier molecular flexibility index (Phi) is 7.87. The summed E-state index contributed by atoms with van der Waals surface area (Å²) in [6.45, 7) is 3.05. The number of carbonyl (C=O) groups excluding carboxylic acids is 3. The molecule has 182 valence electrons. The Hall–Kier alpha value is -4.18. The number of carbonyl (C=O) groups is 3. The van der Waals surface area contributed by atoms with Gasteiger partial charge in [0.1, 0.15) is 0 Å². The number of imide groups is 1. The Morgan fingerprint density at radius 1 is 0.886 bits per heavy atom. The van der Waals surface area contributed by atoms with Gasteiger partial charge in [-0.1, -0.05) is 30.3 Å². The molecule has 0 spiro atoms. The predicted molar refractivity (Wildman–Crippen MR) is 132 cm³/mol. The van der Waals surface area contributed by atoms with Crippen LogP contribution in [-0.2, 0) is 19.6 Å². The number of nitrogens with zero attached hydrogens (tertiary/aromatic N) is 1. The monoisotopic (exact) mass is 495 g/mol. The molecule has 0 saturated heterocycles. The summed E-state index contributed by atoms with van der Waals surface area (Å²) in [5, 5.41) is 4.66. The van der Waals surface area contributed by atoms with E-state index in [4.69, 9.17) is 4.74 Å². The minimum Gasteiger partial charge on any atom is -0.452 e. The lowest BCUT2D eigenvalue weighted by atomic mass is 10.1. The fourth-order valence-electron chi connectivity index (χ4n) is 3.12. The van der Waals surface area contributed by atoms with E-state index >= 15 is 0 Å². The van der Waals surface area contributed by atoms with Gasteiger partial charge in [0.15, 0.2) is 6.61 Å². The van der Waals surface area contributed by atoms with Crippen molar-refractivity contribution in [3.8, 4) is 0 Å². The van der Waals surface area contributed by atoms with Gasteiger partial charge in [0, 0.05) is 12.7 Å². The van der Waals surface area contributed by atoms with Gasteiger partial charge in [-0.15, -0.1) is 0 Å². The topological polar surface area (TPSA) is 122 Å². The SMILES string of the molecule is Cc1cccc(NC(=O)NC(=O)COC(=O)c2ccc(S(=O)(=O)N(C)c3ccccc3)cc2)c1C. The summed E-state index contributed by atoms with van der Waals surface area (Å²) in [4.78, 5) is 36.3. The molecule has 0 aliphatic heterocycles. The predicted octanol–water partition coefficient (Wildman–Crippen LogP) is 3.63. The highest BCUT2D eigenvalue weighted by molar-refractivity contribution is 7.92. The van der Waals surface area contributed by atoms with E-state index in [0.29, 0.717) is 11.4 Å². The Balaban J connectivity index is 1.55. The van der Waals surface area contributed by atoms with Crippen molar-refractivity contribution in [3.05, 3.63) is 89.5 Å². The van der Waals surface area contributed by atoms with Gasteiger partial charge in [0.25, 0.3) is 15.9 Å². The van der Waals surface area contributed by atoms with Crippen LogP contribution in [0.25, 0.3) is 0 Å². The zero-order valence-corrected chi connectivity index (χ0v) is 20.3. The molecule has 0 atom stereocenters. The van der Waals surface area contributed by atoms with Crippen molar-refractivity contribution >= 4 is 39.3 Å². The second-order valence-electron chi connectivity index (χ2n) is 7.66. The average Bonchev–Trinajstić information content (AvgIpc) is 2.85. The van der Waals surface area contributed by atoms with Gasteiger partial charge in [-0.05, 0) is 67.4 Å². The molecule has 35 heavy (non-hydrogen) atoms. The molecule has 0 aliphatic carbocycles. The molecule has 0 saturated carbocycles. The molecule has 3 rings (SSSR count). The van der Waals surface area contributed by atoms with Gasteiger partial charge in [-0.2, -0.15) is 0 Å². The van der Waals surface area contributed by atoms with Crippen molar-refractivity contribution < 1.29 is 27.5 Å². The number of anilines is 2. The molecule has 3 amide bonds. The molecular formula is C25H25N3O6S. The lowest BCUT2D eigenvalue weighted by Crippen LogP contribution is -2.37. The first-order valence-corrected chi connectivity index (χ1v) is 12.0. The van der Waals surface area contributed by atoms with E-state index in [9.17, 15) is 22.8 Å². The van der Waals surface area contributed by atoms with Gasteiger partial charge >= 0.3 is 12.0 Å². The van der Waals surface area contributed by atoms with Crippen LogP contribution >= 0.6 is 0 Å². The van der Waals surface area contributed by atoms with Crippen LogP contribution in [0.4, 0.5) is 16.2 Å². The number of para-hydroxylation sites is 1. The summed E-state index contributed by atoms with van der Waals surface area (Å²) < 4.78 is 31.7. The molecule has 0 bridgehead atoms. The zero-order chi connectivity index (χ0) is 25.6. The van der Waals surface area contributed by atoms with Crippen LogP contribution < -0.4 is 14.9 Å². The highest BCUT2D eigenvalue weighted by Crippen LogP contribution is 2.22. The molecule has 0 radical (unpaired) electrons. The maximum atomic E-state index is 12.8. The van der Waals surface area contributed by atoms with Crippen LogP contribution in [0, 0.1) is 13.8 Å². The third kappa shape index (κ3) is 6.24. The highest BCUT2D eigenvalue weighted by atomic mass is 32.2. The van der Waals surface area contributed by atoms with Crippen LogP contribution in [0.3, 0.4) is 0 Å². The van der Waals surface area contributed by atoms with Crippen molar-refractivity contribution in [2.75, 3.05) is 23.3 Å². The Labute approximate surface area is 203 Å². The number of rotatable bonds is 7. The molecule has 0 unspecified atom stereocenters. The van der Waals surface area contributed by atoms with Crippen LogP contribution in [0.15, 0.2) is 77.7 Å². The third-order valence-electron chi connectivity index (χ3n) is 5.31. The van der Waals surface area contributed by atoms with E-state index in [1.807, 2.05) is 19.9 Å². The van der Waals surface area contributed by atoms with Gasteiger partial charge in [-0.3, -0.25) is 14.4 Å². The van der Waals surface area contributed by atoms with Gasteiger partial charge in [-0.25, -0.2) is 18.0 Å². The van der Waals surface area contributed by atoms with Crippen LogP contribution in [0.5, 0.6) is 0 Å². The number of ether oxygens (including phenoxy) is 1. The fourth-order valence-corrected chi connectivity index (χ4v) is 4.31. The van der Waals surface area contributed by atoms with E-state index in [-0.39, 0.29) is 10.5 Å². The fraction of sp³-hybridized carbons (Fsp3) is 0.160. The summed E-state index contributed by atoms with van der Waals surface area (Å²) >= 11 is 0. The molecule has 0 fully saturated rings. The Bertz CT molecular complexity index is 1340. The summed E-state index contributed by atoms with van der Waals surface area (Å²) in [6.07, 6.45) is 0. The third-order valence-corrected chi connectivity index (χ3v) is 7.11. The molecule has 0 aliphatic rings. The second-order valence-corrected chi connectivity index (χ2v) is 9.63. The van der Waals surface area contributed by atoms with Gasteiger partial charge in [0.05, 0.1) is 16.1 Å². The van der Waals surface area contributed by atoms with E-state index < -0.39 is 34.5 Å². The van der Waals surface area contributed by atoms with Crippen molar-refractivity contribution in [1.29, 1.82) is 0 Å². The molecule has 2 N–H and O–H groups in total. The van der Waals surface area contributed by atoms with Crippen LogP contribution in [0.2, 0.25) is 0 Å². The molecular weight excluding hydrogens is 470 g/mol. The molecule has 3 aromatic rings. The Morgan fingerprint density at radius 2 is 1.54 bits per heavy atom. The number of benzene rings is 3. The first-order chi connectivity index (χ1) is 16.6. The van der Waals surface area contributed by atoms with Crippen molar-refractivity contribution in [2.24, 2.45) is 0 Å². The first kappa shape index (κ1) is 25.4. The minimum atomic E-state index is -3.83. The van der Waals surface area contributed by atoms with E-state index in [2.05, 4.69) is 10.6 Å². The average molecular weight is 496 g/mol. The summed E-state index contributed by atoms with van der Waals surface area (Å²) in [5.41, 5.74) is 2.94. The normalized spacial score (nSPS) is 10.8. The Morgan fingerprint density at radius 3 is 2.20 bits per heavy atom. The molecule has 10 heteroatoms. The van der Waals surface area contributed by atoms with Gasteiger partial charge in [0.2, 0.25) is 0 Å². The maximum absolute atomic E-state index is 12.8. The number of sulfonamides is 1. The standard InChI is InChI=1S/C25H25N3O6S/c1-17-8-7-11-22(18(17)2)26-25(31)27-23(29)16-34-24(30)19-12-14-21(15-13-19)35(32,33)28(3)20-9-5-4-6-10-20/h4-15H,16H2,1-3H3,(H2,26,27,29,31). The number of hydrogen-bond acceptors (Lipinski definition) is 6. The lowest BCUT2D eigenvalue weighted by Gasteiger charge is -2.19. The summed E-state index contributed by atoms with van der Waals surface area (Å²) in [5.74, 6) is -1.65. The zero-order valence-electron chi connectivity index (χ0n) is 19.4. The molecule has 0 heterocycles. The quantitative estimate of drug-likeness (QED) is 0.483. The number of nitrogens with one attached hydrogen (secondary N) is 2. The summed E-state index contributed by atoms with van der Waals surface area (Å²) in [6, 6.07) is 18.3. The summed E-state index contributed by atoms with van der Waals surface area (Å²) in [7, 11) is -2.40. The number of esters is 1. The number of urea groups is 1. The minimum absolute atomic E-state index is 0.0127. The maximum Gasteiger partial charge on any atom is 0.338 e. The number of amides is 3. The largest absolute Gasteiger partial charge is 0.452 e. The van der Waals surface area contributed by atoms with E-state index in [0.717, 1.165) is 15.4 Å². The van der Waals surface area contributed by atoms with Gasteiger partial charge < -0.3 is 10.1 Å². The van der Waals surface area contributed by atoms with Crippen LogP contribution in [0.1, 0.15) is 21.5 Å². The first-order valence-electron chi connectivity index (χ1n) is 10.6. The number of hydrogen-bond donors (Lipinski definition) is 2. The highest BCUT2D eigenvalue weighted by Gasteiger charge is 2.22. The second kappa shape index (κ2) is 10.8. The smallest absolute Gasteiger partial charge is 0.338 e. The molecule has 9 nitrogen and oxygen atoms in total. The van der Waals surface area contributed by atoms with E-state index in [1.54, 1.807) is 42.5 Å². The van der Waals surface area contributed by atoms with Crippen molar-refractivity contribution in [1.82, 2.24) is 5.32 Å². The molecule has 0 aromatic heterocycles. The van der Waals surface area contributed by atoms with E-state index in [1.165, 1.54) is 31.3 Å². The molecule has 3 aromatic carbocycles. The van der Waals surface area contributed by atoms with Crippen molar-refractivity contribution in [3.63, 3.8) is 0 Å². The van der Waals surface area contributed by atoms with Crippen LogP contribution in [-0.4, -0.2) is 40.0 Å². The number of aryl methyl sites for hydroxylation is 1. The van der Waals surface area contributed by atoms with Crippen molar-refractivity contribution in [2.45, 2.75) is 18.7 Å².